The van der Waals surface area contributed by atoms with Crippen molar-refractivity contribution in [1.29, 1.82) is 0 Å². The number of fused-ring (bicyclic) bond motifs is 1. The predicted molar refractivity (Wildman–Crippen MR) is 104 cm³/mol. The summed E-state index contributed by atoms with van der Waals surface area (Å²) in [5.41, 5.74) is 0.587. The van der Waals surface area contributed by atoms with Gasteiger partial charge in [0.05, 0.1) is 22.3 Å². The van der Waals surface area contributed by atoms with Crippen LogP contribution >= 0.6 is 23.1 Å². The number of thioether (sulfide) groups is 1. The highest BCUT2D eigenvalue weighted by atomic mass is 32.2. The summed E-state index contributed by atoms with van der Waals surface area (Å²) in [6.45, 7) is 3.60. The van der Waals surface area contributed by atoms with Crippen LogP contribution in [-0.2, 0) is 4.74 Å². The molecule has 136 valence electrons. The van der Waals surface area contributed by atoms with Crippen LogP contribution in [0.25, 0.3) is 10.9 Å². The first-order valence-corrected chi connectivity index (χ1v) is 10.2. The number of nitrogens with zero attached hydrogens (tertiary/aromatic N) is 3. The number of nitrogens with one attached hydrogen (secondary N) is 2. The van der Waals surface area contributed by atoms with E-state index in [4.69, 9.17) is 4.74 Å². The van der Waals surface area contributed by atoms with Crippen LogP contribution in [0.1, 0.15) is 30.8 Å². The van der Waals surface area contributed by atoms with Crippen LogP contribution in [0.15, 0.2) is 33.4 Å². The highest BCUT2D eigenvalue weighted by molar-refractivity contribution is 8.01. The molecule has 2 N–H and O–H groups in total. The third kappa shape index (κ3) is 3.89. The molecule has 1 aliphatic rings. The van der Waals surface area contributed by atoms with E-state index in [1.165, 1.54) is 23.1 Å². The number of hydrogen-bond acceptors (Lipinski definition) is 8. The lowest BCUT2D eigenvalue weighted by Crippen LogP contribution is -2.18. The maximum Gasteiger partial charge on any atom is 0.258 e. The van der Waals surface area contributed by atoms with Crippen LogP contribution in [0, 0.1) is 0 Å². The van der Waals surface area contributed by atoms with Crippen molar-refractivity contribution in [1.82, 2.24) is 20.2 Å². The molecule has 1 aliphatic heterocycles. The Labute approximate surface area is 158 Å². The zero-order chi connectivity index (χ0) is 17.9. The first-order valence-electron chi connectivity index (χ1n) is 8.53. The lowest BCUT2D eigenvalue weighted by molar-refractivity contribution is 0.120. The third-order valence-electron chi connectivity index (χ3n) is 4.21. The van der Waals surface area contributed by atoms with E-state index in [9.17, 15) is 4.79 Å². The SMILES string of the molecule is CC(Sc1nnc(NCC2CCCO2)s1)c1nc2ccccc2c(=O)[nH]1. The van der Waals surface area contributed by atoms with Gasteiger partial charge < -0.3 is 15.0 Å². The number of ether oxygens (including phenoxy) is 1. The molecule has 3 heterocycles. The minimum Gasteiger partial charge on any atom is -0.376 e. The van der Waals surface area contributed by atoms with Gasteiger partial charge in [-0.25, -0.2) is 4.98 Å². The van der Waals surface area contributed by atoms with Gasteiger partial charge in [-0.15, -0.1) is 10.2 Å². The average Bonchev–Trinajstić information content (AvgIpc) is 3.31. The predicted octanol–water partition coefficient (Wildman–Crippen LogP) is 3.22. The van der Waals surface area contributed by atoms with E-state index < -0.39 is 0 Å². The molecule has 7 nitrogen and oxygen atoms in total. The molecule has 4 rings (SSSR count). The fraction of sp³-hybridized carbons (Fsp3) is 0.412. The van der Waals surface area contributed by atoms with E-state index in [1.807, 2.05) is 25.1 Å². The Morgan fingerprint density at radius 1 is 1.42 bits per heavy atom. The van der Waals surface area contributed by atoms with Crippen LogP contribution in [0.5, 0.6) is 0 Å². The number of benzene rings is 1. The van der Waals surface area contributed by atoms with E-state index in [0.29, 0.717) is 16.7 Å². The molecule has 26 heavy (non-hydrogen) atoms. The summed E-state index contributed by atoms with van der Waals surface area (Å²) in [7, 11) is 0. The van der Waals surface area contributed by atoms with Gasteiger partial charge in [-0.05, 0) is 31.9 Å². The summed E-state index contributed by atoms with van der Waals surface area (Å²) >= 11 is 3.04. The number of aromatic amines is 1. The Hall–Kier alpha value is -1.97. The minimum absolute atomic E-state index is 0.0359. The van der Waals surface area contributed by atoms with E-state index in [1.54, 1.807) is 6.07 Å². The molecule has 0 bridgehead atoms. The summed E-state index contributed by atoms with van der Waals surface area (Å²) in [5, 5.41) is 13.0. The van der Waals surface area contributed by atoms with Crippen molar-refractivity contribution in [2.75, 3.05) is 18.5 Å². The molecule has 0 spiro atoms. The molecule has 0 amide bonds. The molecule has 1 aromatic carbocycles. The van der Waals surface area contributed by atoms with E-state index in [2.05, 4.69) is 25.5 Å². The molecule has 0 saturated carbocycles. The molecular weight excluding hydrogens is 370 g/mol. The zero-order valence-electron chi connectivity index (χ0n) is 14.3. The Balaban J connectivity index is 1.43. The molecule has 2 aromatic heterocycles. The smallest absolute Gasteiger partial charge is 0.258 e. The van der Waals surface area contributed by atoms with Crippen LogP contribution in [0.2, 0.25) is 0 Å². The maximum atomic E-state index is 12.2. The normalized spacial score (nSPS) is 18.3. The molecule has 1 saturated heterocycles. The average molecular weight is 390 g/mol. The molecule has 0 radical (unpaired) electrons. The van der Waals surface area contributed by atoms with Crippen molar-refractivity contribution in [2.24, 2.45) is 0 Å². The quantitative estimate of drug-likeness (QED) is 0.625. The number of anilines is 1. The Morgan fingerprint density at radius 3 is 3.15 bits per heavy atom. The summed E-state index contributed by atoms with van der Waals surface area (Å²) in [6, 6.07) is 7.35. The summed E-state index contributed by atoms with van der Waals surface area (Å²) < 4.78 is 6.43. The maximum absolute atomic E-state index is 12.2. The van der Waals surface area contributed by atoms with Crippen LogP contribution in [0.3, 0.4) is 0 Å². The van der Waals surface area contributed by atoms with Gasteiger partial charge in [-0.1, -0.05) is 35.2 Å². The fourth-order valence-electron chi connectivity index (χ4n) is 2.84. The van der Waals surface area contributed by atoms with Crippen LogP contribution in [0.4, 0.5) is 5.13 Å². The Bertz CT molecular complexity index is 951. The van der Waals surface area contributed by atoms with Crippen molar-refractivity contribution in [3.05, 3.63) is 40.4 Å². The van der Waals surface area contributed by atoms with E-state index >= 15 is 0 Å². The number of rotatable bonds is 6. The molecule has 3 aromatic rings. The Kier molecular flexibility index (Phi) is 5.18. The van der Waals surface area contributed by atoms with Gasteiger partial charge in [-0.2, -0.15) is 0 Å². The van der Waals surface area contributed by atoms with Gasteiger partial charge in [0.1, 0.15) is 5.82 Å². The van der Waals surface area contributed by atoms with Crippen molar-refractivity contribution in [2.45, 2.75) is 35.5 Å². The second-order valence-electron chi connectivity index (χ2n) is 6.12. The second-order valence-corrected chi connectivity index (χ2v) is 8.68. The summed E-state index contributed by atoms with van der Waals surface area (Å²) in [6.07, 6.45) is 2.48. The summed E-state index contributed by atoms with van der Waals surface area (Å²) in [4.78, 5) is 19.7. The zero-order valence-corrected chi connectivity index (χ0v) is 15.9. The van der Waals surface area contributed by atoms with Gasteiger partial charge in [-0.3, -0.25) is 4.79 Å². The lowest BCUT2D eigenvalue weighted by atomic mass is 10.2. The number of aromatic nitrogens is 4. The van der Waals surface area contributed by atoms with Crippen molar-refractivity contribution >= 4 is 39.1 Å². The topological polar surface area (TPSA) is 92.8 Å². The Morgan fingerprint density at radius 2 is 2.31 bits per heavy atom. The van der Waals surface area contributed by atoms with E-state index in [-0.39, 0.29) is 16.9 Å². The first-order chi connectivity index (χ1) is 12.7. The number of H-pyrrole nitrogens is 1. The molecule has 1 fully saturated rings. The highest BCUT2D eigenvalue weighted by Crippen LogP contribution is 2.36. The van der Waals surface area contributed by atoms with E-state index in [0.717, 1.165) is 35.5 Å². The lowest BCUT2D eigenvalue weighted by Gasteiger charge is -2.09. The van der Waals surface area contributed by atoms with Crippen molar-refractivity contribution < 1.29 is 4.74 Å². The molecule has 2 atom stereocenters. The first kappa shape index (κ1) is 17.4. The molecule has 2 unspecified atom stereocenters. The van der Waals surface area contributed by atoms with Gasteiger partial charge in [0, 0.05) is 13.2 Å². The number of hydrogen-bond donors (Lipinski definition) is 2. The van der Waals surface area contributed by atoms with Gasteiger partial charge in [0.15, 0.2) is 4.34 Å². The van der Waals surface area contributed by atoms with Gasteiger partial charge >= 0.3 is 0 Å². The van der Waals surface area contributed by atoms with Gasteiger partial charge in [0.25, 0.3) is 5.56 Å². The van der Waals surface area contributed by atoms with Crippen molar-refractivity contribution in [3.63, 3.8) is 0 Å². The third-order valence-corrected chi connectivity index (χ3v) is 6.28. The van der Waals surface area contributed by atoms with Crippen LogP contribution < -0.4 is 10.9 Å². The summed E-state index contributed by atoms with van der Waals surface area (Å²) in [5.74, 6) is 0.641. The monoisotopic (exact) mass is 389 g/mol. The molecular formula is C17H19N5O2S2. The standard InChI is InChI=1S/C17H19N5O2S2/c1-10(14-19-13-7-3-2-6-12(13)15(23)20-14)25-17-22-21-16(26-17)18-9-11-5-4-8-24-11/h2-3,6-7,10-11H,4-5,8-9H2,1H3,(H,18,21)(H,19,20,23). The number of para-hydroxylation sites is 1. The fourth-order valence-corrected chi connectivity index (χ4v) is 4.80. The van der Waals surface area contributed by atoms with Crippen LogP contribution in [-0.4, -0.2) is 39.4 Å². The highest BCUT2D eigenvalue weighted by Gasteiger charge is 2.17. The molecule has 0 aliphatic carbocycles. The second kappa shape index (κ2) is 7.73. The minimum atomic E-state index is -0.116. The van der Waals surface area contributed by atoms with Crippen molar-refractivity contribution in [3.8, 4) is 0 Å². The molecule has 9 heteroatoms. The van der Waals surface area contributed by atoms with Gasteiger partial charge in [0.2, 0.25) is 5.13 Å². The largest absolute Gasteiger partial charge is 0.376 e.